The molecular formula is C12H18N2O2S2. The van der Waals surface area contributed by atoms with Crippen LogP contribution in [0.1, 0.15) is 32.3 Å². The van der Waals surface area contributed by atoms with Crippen molar-refractivity contribution in [1.82, 2.24) is 4.72 Å². The zero-order valence-electron chi connectivity index (χ0n) is 10.5. The topological polar surface area (TPSA) is 72.2 Å². The number of hydrogen-bond acceptors (Lipinski definition) is 3. The molecule has 0 unspecified atom stereocenters. The molecule has 0 amide bonds. The molecule has 0 heterocycles. The number of hydrogen-bond donors (Lipinski definition) is 2. The minimum absolute atomic E-state index is 0.0746. The van der Waals surface area contributed by atoms with Crippen LogP contribution in [0.25, 0.3) is 0 Å². The third-order valence-electron chi connectivity index (χ3n) is 2.75. The van der Waals surface area contributed by atoms with Gasteiger partial charge in [-0.1, -0.05) is 44.3 Å². The van der Waals surface area contributed by atoms with Gasteiger partial charge < -0.3 is 5.73 Å². The Morgan fingerprint density at radius 2 is 1.89 bits per heavy atom. The Balaban J connectivity index is 3.16. The molecule has 0 aliphatic rings. The van der Waals surface area contributed by atoms with E-state index in [0.717, 1.165) is 12.8 Å². The normalized spacial score (nSPS) is 11.7. The SMILES string of the molecule is CCC(CC)NS(=O)(=O)c1ccccc1C(N)=S. The second-order valence-electron chi connectivity index (χ2n) is 4.00. The Kier molecular flexibility index (Phi) is 5.25. The summed E-state index contributed by atoms with van der Waals surface area (Å²) >= 11 is 4.87. The molecule has 1 aromatic carbocycles. The van der Waals surface area contributed by atoms with Crippen molar-refractivity contribution >= 4 is 27.2 Å². The zero-order chi connectivity index (χ0) is 13.8. The Morgan fingerprint density at radius 1 is 1.33 bits per heavy atom. The van der Waals surface area contributed by atoms with E-state index in [-0.39, 0.29) is 15.9 Å². The van der Waals surface area contributed by atoms with Gasteiger partial charge in [0.1, 0.15) is 4.99 Å². The molecule has 18 heavy (non-hydrogen) atoms. The average Bonchev–Trinajstić information content (AvgIpc) is 2.36. The lowest BCUT2D eigenvalue weighted by Crippen LogP contribution is -2.35. The molecule has 0 radical (unpaired) electrons. The maximum absolute atomic E-state index is 12.3. The summed E-state index contributed by atoms with van der Waals surface area (Å²) in [6.07, 6.45) is 1.48. The number of nitrogens with one attached hydrogen (secondary N) is 1. The largest absolute Gasteiger partial charge is 0.389 e. The Hall–Kier alpha value is -0.980. The molecule has 0 spiro atoms. The first-order chi connectivity index (χ1) is 8.42. The molecule has 0 atom stereocenters. The molecule has 0 saturated carbocycles. The second-order valence-corrected chi connectivity index (χ2v) is 6.12. The van der Waals surface area contributed by atoms with Crippen LogP contribution < -0.4 is 10.5 Å². The first-order valence-corrected chi connectivity index (χ1v) is 7.72. The van der Waals surface area contributed by atoms with Crippen molar-refractivity contribution in [3.8, 4) is 0 Å². The molecular weight excluding hydrogens is 268 g/mol. The Bertz CT molecular complexity index is 523. The van der Waals surface area contributed by atoms with Crippen LogP contribution >= 0.6 is 12.2 Å². The molecule has 4 nitrogen and oxygen atoms in total. The number of sulfonamides is 1. The fourth-order valence-corrected chi connectivity index (χ4v) is 3.51. The predicted molar refractivity (Wildman–Crippen MR) is 77.0 cm³/mol. The number of nitrogens with two attached hydrogens (primary N) is 1. The maximum atomic E-state index is 12.3. The molecule has 0 aromatic heterocycles. The smallest absolute Gasteiger partial charge is 0.241 e. The first-order valence-electron chi connectivity index (χ1n) is 5.83. The van der Waals surface area contributed by atoms with Gasteiger partial charge in [0.15, 0.2) is 0 Å². The van der Waals surface area contributed by atoms with Crippen LogP contribution in [0, 0.1) is 0 Å². The van der Waals surface area contributed by atoms with Crippen LogP contribution in [0.4, 0.5) is 0 Å². The zero-order valence-corrected chi connectivity index (χ0v) is 12.1. The summed E-state index contributed by atoms with van der Waals surface area (Å²) in [7, 11) is -3.58. The molecule has 1 rings (SSSR count). The van der Waals surface area contributed by atoms with Crippen molar-refractivity contribution in [3.63, 3.8) is 0 Å². The van der Waals surface area contributed by atoms with Gasteiger partial charge in [-0.3, -0.25) is 0 Å². The minimum Gasteiger partial charge on any atom is -0.389 e. The molecule has 0 fully saturated rings. The van der Waals surface area contributed by atoms with E-state index in [1.54, 1.807) is 18.2 Å². The fraction of sp³-hybridized carbons (Fsp3) is 0.417. The maximum Gasteiger partial charge on any atom is 0.241 e. The van der Waals surface area contributed by atoms with Gasteiger partial charge in [-0.25, -0.2) is 13.1 Å². The summed E-state index contributed by atoms with van der Waals surface area (Å²) in [6, 6.07) is 6.42. The Morgan fingerprint density at radius 3 is 2.39 bits per heavy atom. The molecule has 100 valence electrons. The lowest BCUT2D eigenvalue weighted by atomic mass is 10.2. The van der Waals surface area contributed by atoms with Gasteiger partial charge >= 0.3 is 0 Å². The van der Waals surface area contributed by atoms with Crippen molar-refractivity contribution in [3.05, 3.63) is 29.8 Å². The first kappa shape index (κ1) is 15.1. The van der Waals surface area contributed by atoms with Crippen molar-refractivity contribution in [1.29, 1.82) is 0 Å². The highest BCUT2D eigenvalue weighted by atomic mass is 32.2. The monoisotopic (exact) mass is 286 g/mol. The second kappa shape index (κ2) is 6.26. The third-order valence-corrected chi connectivity index (χ3v) is 4.55. The van der Waals surface area contributed by atoms with Crippen LogP contribution in [-0.2, 0) is 10.0 Å². The Labute approximate surface area is 114 Å². The quantitative estimate of drug-likeness (QED) is 0.782. The van der Waals surface area contributed by atoms with Crippen LogP contribution in [-0.4, -0.2) is 19.4 Å². The van der Waals surface area contributed by atoms with E-state index < -0.39 is 10.0 Å². The van der Waals surface area contributed by atoms with Gasteiger partial charge in [-0.05, 0) is 18.9 Å². The summed E-state index contributed by atoms with van der Waals surface area (Å²) in [4.78, 5) is 0.227. The van der Waals surface area contributed by atoms with Crippen molar-refractivity contribution in [2.24, 2.45) is 5.73 Å². The molecule has 6 heteroatoms. The van der Waals surface area contributed by atoms with Crippen LogP contribution in [0.2, 0.25) is 0 Å². The van der Waals surface area contributed by atoms with E-state index in [1.165, 1.54) is 6.07 Å². The van der Waals surface area contributed by atoms with Gasteiger partial charge in [0.05, 0.1) is 4.90 Å². The average molecular weight is 286 g/mol. The standard InChI is InChI=1S/C12H18N2O2S2/c1-3-9(4-2)14-18(15,16)11-8-6-5-7-10(11)12(13)17/h5-9,14H,3-4H2,1-2H3,(H2,13,17). The van der Waals surface area contributed by atoms with Crippen molar-refractivity contribution < 1.29 is 8.42 Å². The van der Waals surface area contributed by atoms with E-state index in [2.05, 4.69) is 4.72 Å². The predicted octanol–water partition coefficient (Wildman–Crippen LogP) is 1.79. The summed E-state index contributed by atoms with van der Waals surface area (Å²) in [5.74, 6) is 0. The lowest BCUT2D eigenvalue weighted by Gasteiger charge is -2.16. The van der Waals surface area contributed by atoms with Crippen molar-refractivity contribution in [2.75, 3.05) is 0 Å². The molecule has 0 aliphatic heterocycles. The van der Waals surface area contributed by atoms with E-state index >= 15 is 0 Å². The van der Waals surface area contributed by atoms with Crippen molar-refractivity contribution in [2.45, 2.75) is 37.6 Å². The van der Waals surface area contributed by atoms with Gasteiger partial charge in [0.2, 0.25) is 10.0 Å². The fourth-order valence-electron chi connectivity index (χ4n) is 1.64. The van der Waals surface area contributed by atoms with E-state index in [4.69, 9.17) is 18.0 Å². The van der Waals surface area contributed by atoms with Gasteiger partial charge in [0.25, 0.3) is 0 Å². The summed E-state index contributed by atoms with van der Waals surface area (Å²) in [6.45, 7) is 3.88. The summed E-state index contributed by atoms with van der Waals surface area (Å²) in [5.41, 5.74) is 5.93. The molecule has 0 aliphatic carbocycles. The summed E-state index contributed by atoms with van der Waals surface area (Å²) in [5, 5.41) is 0. The molecule has 0 bridgehead atoms. The van der Waals surface area contributed by atoms with Gasteiger partial charge in [-0.15, -0.1) is 0 Å². The highest BCUT2D eigenvalue weighted by molar-refractivity contribution is 7.89. The van der Waals surface area contributed by atoms with Crippen LogP contribution in [0.3, 0.4) is 0 Å². The van der Waals surface area contributed by atoms with Gasteiger partial charge in [0, 0.05) is 11.6 Å². The minimum atomic E-state index is -3.58. The summed E-state index contributed by atoms with van der Waals surface area (Å²) < 4.78 is 27.2. The highest BCUT2D eigenvalue weighted by Crippen LogP contribution is 2.16. The number of rotatable bonds is 6. The van der Waals surface area contributed by atoms with Crippen LogP contribution in [0.5, 0.6) is 0 Å². The van der Waals surface area contributed by atoms with E-state index in [0.29, 0.717) is 5.56 Å². The van der Waals surface area contributed by atoms with E-state index in [1.807, 2.05) is 13.8 Å². The lowest BCUT2D eigenvalue weighted by molar-refractivity contribution is 0.530. The van der Waals surface area contributed by atoms with E-state index in [9.17, 15) is 8.42 Å². The molecule has 3 N–H and O–H groups in total. The van der Waals surface area contributed by atoms with Crippen LogP contribution in [0.15, 0.2) is 29.2 Å². The van der Waals surface area contributed by atoms with Gasteiger partial charge in [-0.2, -0.15) is 0 Å². The number of thiocarbonyl (C=S) groups is 1. The highest BCUT2D eigenvalue weighted by Gasteiger charge is 2.21. The number of benzene rings is 1. The third kappa shape index (κ3) is 3.51. The molecule has 1 aromatic rings. The molecule has 0 saturated heterocycles.